The van der Waals surface area contributed by atoms with Crippen LogP contribution in [0.2, 0.25) is 0 Å². The standard InChI is InChI=1S/C11H13FN2S/c12-7-4-5-10(9(6-7)11(13)15)14-8-2-1-3-8/h4-6,8,14H,1-3H2,(H2,13,15). The Morgan fingerprint density at radius 1 is 1.47 bits per heavy atom. The van der Waals surface area contributed by atoms with E-state index in [2.05, 4.69) is 5.32 Å². The van der Waals surface area contributed by atoms with Crippen LogP contribution in [0.3, 0.4) is 0 Å². The first-order chi connectivity index (χ1) is 7.16. The third-order valence-corrected chi connectivity index (χ3v) is 2.93. The Morgan fingerprint density at radius 2 is 2.20 bits per heavy atom. The van der Waals surface area contributed by atoms with Gasteiger partial charge in [0, 0.05) is 17.3 Å². The van der Waals surface area contributed by atoms with E-state index in [9.17, 15) is 4.39 Å². The zero-order valence-electron chi connectivity index (χ0n) is 8.29. The van der Waals surface area contributed by atoms with Gasteiger partial charge in [-0.05, 0) is 37.5 Å². The Labute approximate surface area is 93.7 Å². The second kappa shape index (κ2) is 4.14. The predicted octanol–water partition coefficient (Wildman–Crippen LogP) is 2.42. The SMILES string of the molecule is NC(=S)c1cc(F)ccc1NC1CCC1. The number of halogens is 1. The number of thiocarbonyl (C=S) groups is 1. The second-order valence-electron chi connectivity index (χ2n) is 3.83. The maximum absolute atomic E-state index is 13.0. The van der Waals surface area contributed by atoms with Gasteiger partial charge in [-0.3, -0.25) is 0 Å². The normalized spacial score (nSPS) is 15.8. The Kier molecular flexibility index (Phi) is 2.86. The van der Waals surface area contributed by atoms with Crippen LogP contribution in [-0.2, 0) is 0 Å². The summed E-state index contributed by atoms with van der Waals surface area (Å²) in [5.74, 6) is -0.308. The quantitative estimate of drug-likeness (QED) is 0.774. The summed E-state index contributed by atoms with van der Waals surface area (Å²) in [5.41, 5.74) is 6.98. The van der Waals surface area contributed by atoms with Crippen LogP contribution in [0.1, 0.15) is 24.8 Å². The molecule has 0 atom stereocenters. The fourth-order valence-corrected chi connectivity index (χ4v) is 1.79. The molecule has 1 aromatic rings. The summed E-state index contributed by atoms with van der Waals surface area (Å²) in [5, 5.41) is 3.32. The largest absolute Gasteiger partial charge is 0.389 e. The van der Waals surface area contributed by atoms with E-state index in [1.807, 2.05) is 0 Å². The smallest absolute Gasteiger partial charge is 0.124 e. The molecule has 0 spiro atoms. The van der Waals surface area contributed by atoms with E-state index in [4.69, 9.17) is 18.0 Å². The molecule has 0 heterocycles. The molecule has 1 aliphatic rings. The van der Waals surface area contributed by atoms with E-state index in [1.165, 1.54) is 18.6 Å². The van der Waals surface area contributed by atoms with Crippen LogP contribution >= 0.6 is 12.2 Å². The minimum Gasteiger partial charge on any atom is -0.389 e. The summed E-state index contributed by atoms with van der Waals surface area (Å²) in [6.07, 6.45) is 3.57. The van der Waals surface area contributed by atoms with E-state index < -0.39 is 0 Å². The van der Waals surface area contributed by atoms with Gasteiger partial charge in [0.25, 0.3) is 0 Å². The first-order valence-electron chi connectivity index (χ1n) is 5.02. The molecule has 15 heavy (non-hydrogen) atoms. The minimum absolute atomic E-state index is 0.233. The molecule has 3 N–H and O–H groups in total. The molecule has 1 saturated carbocycles. The van der Waals surface area contributed by atoms with Gasteiger partial charge in [-0.25, -0.2) is 4.39 Å². The van der Waals surface area contributed by atoms with Gasteiger partial charge in [0.2, 0.25) is 0 Å². The number of benzene rings is 1. The third kappa shape index (κ3) is 2.26. The molecular formula is C11H13FN2S. The maximum Gasteiger partial charge on any atom is 0.124 e. The average molecular weight is 224 g/mol. The molecule has 0 radical (unpaired) electrons. The molecule has 0 aromatic heterocycles. The van der Waals surface area contributed by atoms with Crippen LogP contribution in [0.25, 0.3) is 0 Å². The van der Waals surface area contributed by atoms with Gasteiger partial charge in [-0.2, -0.15) is 0 Å². The van der Waals surface area contributed by atoms with Crippen molar-refractivity contribution in [3.05, 3.63) is 29.6 Å². The zero-order chi connectivity index (χ0) is 10.8. The van der Waals surface area contributed by atoms with Gasteiger partial charge < -0.3 is 11.1 Å². The van der Waals surface area contributed by atoms with Crippen molar-refractivity contribution in [3.8, 4) is 0 Å². The molecule has 0 aliphatic heterocycles. The molecule has 1 aliphatic carbocycles. The van der Waals surface area contributed by atoms with Crippen LogP contribution in [0, 0.1) is 5.82 Å². The number of hydrogen-bond donors (Lipinski definition) is 2. The molecule has 1 aromatic carbocycles. The molecule has 2 rings (SSSR count). The lowest BCUT2D eigenvalue weighted by atomic mass is 9.92. The van der Waals surface area contributed by atoms with Gasteiger partial charge in [0.15, 0.2) is 0 Å². The summed E-state index contributed by atoms with van der Waals surface area (Å²) in [7, 11) is 0. The molecule has 0 bridgehead atoms. The van der Waals surface area contributed by atoms with Gasteiger partial charge in [0.1, 0.15) is 10.8 Å². The first-order valence-corrected chi connectivity index (χ1v) is 5.43. The van der Waals surface area contributed by atoms with Gasteiger partial charge in [-0.15, -0.1) is 0 Å². The van der Waals surface area contributed by atoms with Crippen molar-refractivity contribution < 1.29 is 4.39 Å². The lowest BCUT2D eigenvalue weighted by Crippen LogP contribution is -2.28. The molecule has 80 valence electrons. The number of nitrogens with two attached hydrogens (primary N) is 1. The van der Waals surface area contributed by atoms with Gasteiger partial charge in [0.05, 0.1) is 0 Å². The zero-order valence-corrected chi connectivity index (χ0v) is 9.11. The van der Waals surface area contributed by atoms with Crippen molar-refractivity contribution in [1.29, 1.82) is 0 Å². The summed E-state index contributed by atoms with van der Waals surface area (Å²) in [4.78, 5) is 0.233. The Bertz CT molecular complexity index is 388. The molecule has 1 fully saturated rings. The Balaban J connectivity index is 2.23. The van der Waals surface area contributed by atoms with Crippen molar-refractivity contribution in [2.24, 2.45) is 5.73 Å². The van der Waals surface area contributed by atoms with E-state index in [0.29, 0.717) is 11.6 Å². The van der Waals surface area contributed by atoms with Gasteiger partial charge in [-0.1, -0.05) is 12.2 Å². The predicted molar refractivity (Wildman–Crippen MR) is 63.5 cm³/mol. The van der Waals surface area contributed by atoms with Crippen LogP contribution in [0.15, 0.2) is 18.2 Å². The highest BCUT2D eigenvalue weighted by Crippen LogP contribution is 2.25. The summed E-state index contributed by atoms with van der Waals surface area (Å²) >= 11 is 4.89. The summed E-state index contributed by atoms with van der Waals surface area (Å²) < 4.78 is 13.0. The summed E-state index contributed by atoms with van der Waals surface area (Å²) in [6.45, 7) is 0. The topological polar surface area (TPSA) is 38.0 Å². The molecule has 2 nitrogen and oxygen atoms in total. The van der Waals surface area contributed by atoms with Crippen LogP contribution in [0.4, 0.5) is 10.1 Å². The van der Waals surface area contributed by atoms with Gasteiger partial charge >= 0.3 is 0 Å². The maximum atomic E-state index is 13.0. The second-order valence-corrected chi connectivity index (χ2v) is 4.27. The number of anilines is 1. The van der Waals surface area contributed by atoms with Crippen molar-refractivity contribution in [3.63, 3.8) is 0 Å². The van der Waals surface area contributed by atoms with Crippen LogP contribution < -0.4 is 11.1 Å². The number of hydrogen-bond acceptors (Lipinski definition) is 2. The Morgan fingerprint density at radius 3 is 2.73 bits per heavy atom. The van der Waals surface area contributed by atoms with Crippen molar-refractivity contribution in [1.82, 2.24) is 0 Å². The van der Waals surface area contributed by atoms with E-state index in [0.717, 1.165) is 18.5 Å². The lowest BCUT2D eigenvalue weighted by Gasteiger charge is -2.28. The molecule has 0 amide bonds. The first kappa shape index (κ1) is 10.4. The third-order valence-electron chi connectivity index (χ3n) is 2.71. The number of rotatable bonds is 3. The molecule has 0 unspecified atom stereocenters. The highest BCUT2D eigenvalue weighted by molar-refractivity contribution is 7.80. The Hall–Kier alpha value is -1.16. The molecule has 0 saturated heterocycles. The molecular weight excluding hydrogens is 211 g/mol. The minimum atomic E-state index is -0.308. The summed E-state index contributed by atoms with van der Waals surface area (Å²) in [6, 6.07) is 4.98. The van der Waals surface area contributed by atoms with Crippen molar-refractivity contribution >= 4 is 22.9 Å². The van der Waals surface area contributed by atoms with Crippen molar-refractivity contribution in [2.45, 2.75) is 25.3 Å². The van der Waals surface area contributed by atoms with E-state index >= 15 is 0 Å². The van der Waals surface area contributed by atoms with Crippen LogP contribution in [-0.4, -0.2) is 11.0 Å². The fourth-order valence-electron chi connectivity index (χ4n) is 1.62. The van der Waals surface area contributed by atoms with E-state index in [1.54, 1.807) is 6.07 Å². The van der Waals surface area contributed by atoms with Crippen molar-refractivity contribution in [2.75, 3.05) is 5.32 Å². The average Bonchev–Trinajstić information content (AvgIpc) is 2.12. The van der Waals surface area contributed by atoms with E-state index in [-0.39, 0.29) is 10.8 Å². The highest BCUT2D eigenvalue weighted by atomic mass is 32.1. The number of nitrogens with one attached hydrogen (secondary N) is 1. The lowest BCUT2D eigenvalue weighted by molar-refractivity contribution is 0.445. The fraction of sp³-hybridized carbons (Fsp3) is 0.364. The molecule has 4 heteroatoms. The monoisotopic (exact) mass is 224 g/mol. The van der Waals surface area contributed by atoms with Crippen LogP contribution in [0.5, 0.6) is 0 Å². The highest BCUT2D eigenvalue weighted by Gasteiger charge is 2.18.